The molecular weight excluding hydrogens is 236 g/mol. The third-order valence-electron chi connectivity index (χ3n) is 3.29. The van der Waals surface area contributed by atoms with E-state index in [1.807, 2.05) is 32.9 Å². The number of unbranched alkanes of at least 4 members (excludes halogenated alkanes) is 1. The van der Waals surface area contributed by atoms with Crippen LogP contribution in [-0.2, 0) is 6.42 Å². The Bertz CT molecular complexity index is 369. The molecule has 0 amide bonds. The van der Waals surface area contributed by atoms with Gasteiger partial charge in [-0.05, 0) is 57.7 Å². The lowest BCUT2D eigenvalue weighted by atomic mass is 9.92. The molecule has 0 aliphatic rings. The van der Waals surface area contributed by atoms with Crippen LogP contribution in [0.5, 0.6) is 5.75 Å². The lowest BCUT2D eigenvalue weighted by Crippen LogP contribution is -2.24. The minimum Gasteiger partial charge on any atom is -0.491 e. The van der Waals surface area contributed by atoms with Crippen molar-refractivity contribution in [1.82, 2.24) is 0 Å². The first-order valence-corrected chi connectivity index (χ1v) is 7.41. The average Bonchev–Trinajstić information content (AvgIpc) is 2.34. The smallest absolute Gasteiger partial charge is 0.119 e. The zero-order valence-electron chi connectivity index (χ0n) is 12.8. The fourth-order valence-corrected chi connectivity index (χ4v) is 2.14. The number of rotatable bonds is 8. The fraction of sp³-hybridized carbons (Fsp3) is 0.647. The molecule has 108 valence electrons. The van der Waals surface area contributed by atoms with Crippen molar-refractivity contribution in [2.75, 3.05) is 0 Å². The molecule has 0 saturated heterocycles. The normalized spacial score (nSPS) is 14.4. The number of ether oxygens (including phenoxy) is 1. The molecular formula is C17H28O2. The van der Waals surface area contributed by atoms with Crippen molar-refractivity contribution in [1.29, 1.82) is 0 Å². The summed E-state index contributed by atoms with van der Waals surface area (Å²) in [6.07, 6.45) is 5.00. The Morgan fingerprint density at radius 1 is 1.26 bits per heavy atom. The second-order valence-corrected chi connectivity index (χ2v) is 5.91. The van der Waals surface area contributed by atoms with Crippen LogP contribution in [0.4, 0.5) is 0 Å². The predicted molar refractivity (Wildman–Crippen MR) is 80.7 cm³/mol. The van der Waals surface area contributed by atoms with Gasteiger partial charge in [0.15, 0.2) is 0 Å². The van der Waals surface area contributed by atoms with E-state index in [9.17, 15) is 5.11 Å². The molecule has 0 aromatic heterocycles. The maximum Gasteiger partial charge on any atom is 0.119 e. The molecule has 2 nitrogen and oxygen atoms in total. The van der Waals surface area contributed by atoms with Gasteiger partial charge in [0.2, 0.25) is 0 Å². The van der Waals surface area contributed by atoms with Crippen molar-refractivity contribution in [3.63, 3.8) is 0 Å². The van der Waals surface area contributed by atoms with Crippen LogP contribution in [0.1, 0.15) is 58.9 Å². The van der Waals surface area contributed by atoms with E-state index in [1.165, 1.54) is 5.56 Å². The van der Waals surface area contributed by atoms with Crippen molar-refractivity contribution in [3.05, 3.63) is 29.8 Å². The summed E-state index contributed by atoms with van der Waals surface area (Å²) in [4.78, 5) is 0. The molecule has 1 aromatic carbocycles. The topological polar surface area (TPSA) is 29.5 Å². The molecule has 0 aliphatic heterocycles. The van der Waals surface area contributed by atoms with Gasteiger partial charge in [0, 0.05) is 0 Å². The van der Waals surface area contributed by atoms with Crippen LogP contribution in [0.25, 0.3) is 0 Å². The molecule has 0 aliphatic carbocycles. The highest BCUT2D eigenvalue weighted by molar-refractivity contribution is 5.28. The van der Waals surface area contributed by atoms with Gasteiger partial charge >= 0.3 is 0 Å². The molecule has 0 fully saturated rings. The van der Waals surface area contributed by atoms with E-state index in [4.69, 9.17) is 4.74 Å². The molecule has 19 heavy (non-hydrogen) atoms. The second-order valence-electron chi connectivity index (χ2n) is 5.91. The number of benzene rings is 1. The number of aryl methyl sites for hydroxylation is 1. The lowest BCUT2D eigenvalue weighted by molar-refractivity contribution is 0.0400. The second kappa shape index (κ2) is 7.54. The SMILES string of the molecule is CCCCC(C)(O)CCc1cccc(OC(C)C)c1. The van der Waals surface area contributed by atoms with Crippen LogP contribution >= 0.6 is 0 Å². The molecule has 1 rings (SSSR count). The van der Waals surface area contributed by atoms with Gasteiger partial charge in [-0.15, -0.1) is 0 Å². The van der Waals surface area contributed by atoms with Crippen LogP contribution in [0.15, 0.2) is 24.3 Å². The van der Waals surface area contributed by atoms with Crippen molar-refractivity contribution in [2.45, 2.75) is 71.5 Å². The van der Waals surface area contributed by atoms with Gasteiger partial charge in [-0.2, -0.15) is 0 Å². The van der Waals surface area contributed by atoms with E-state index in [1.54, 1.807) is 0 Å². The van der Waals surface area contributed by atoms with E-state index in [0.717, 1.165) is 37.9 Å². The lowest BCUT2D eigenvalue weighted by Gasteiger charge is -2.23. The molecule has 0 bridgehead atoms. The Morgan fingerprint density at radius 2 is 2.00 bits per heavy atom. The largest absolute Gasteiger partial charge is 0.491 e. The van der Waals surface area contributed by atoms with Crippen molar-refractivity contribution in [3.8, 4) is 5.75 Å². The highest BCUT2D eigenvalue weighted by Gasteiger charge is 2.19. The summed E-state index contributed by atoms with van der Waals surface area (Å²) in [7, 11) is 0. The van der Waals surface area contributed by atoms with Crippen LogP contribution in [0.2, 0.25) is 0 Å². The Morgan fingerprint density at radius 3 is 2.63 bits per heavy atom. The summed E-state index contributed by atoms with van der Waals surface area (Å²) in [5.41, 5.74) is 0.681. The molecule has 1 unspecified atom stereocenters. The van der Waals surface area contributed by atoms with Crippen LogP contribution < -0.4 is 4.74 Å². The summed E-state index contributed by atoms with van der Waals surface area (Å²) in [6, 6.07) is 8.19. The Labute approximate surface area is 117 Å². The third-order valence-corrected chi connectivity index (χ3v) is 3.29. The quantitative estimate of drug-likeness (QED) is 0.756. The van der Waals surface area contributed by atoms with Crippen LogP contribution in [0.3, 0.4) is 0 Å². The van der Waals surface area contributed by atoms with E-state index < -0.39 is 5.60 Å². The number of hydrogen-bond donors (Lipinski definition) is 1. The average molecular weight is 264 g/mol. The first-order chi connectivity index (χ1) is 8.93. The van der Waals surface area contributed by atoms with Gasteiger partial charge in [0.25, 0.3) is 0 Å². The molecule has 0 radical (unpaired) electrons. The highest BCUT2D eigenvalue weighted by Crippen LogP contribution is 2.22. The minimum atomic E-state index is -0.551. The molecule has 1 aromatic rings. The maximum absolute atomic E-state index is 10.3. The number of aliphatic hydroxyl groups is 1. The first-order valence-electron chi connectivity index (χ1n) is 7.41. The third kappa shape index (κ3) is 6.63. The summed E-state index contributed by atoms with van der Waals surface area (Å²) in [5, 5.41) is 10.3. The monoisotopic (exact) mass is 264 g/mol. The standard InChI is InChI=1S/C17H28O2/c1-5-6-11-17(4,18)12-10-15-8-7-9-16(13-15)19-14(2)3/h7-9,13-14,18H,5-6,10-12H2,1-4H3. The first kappa shape index (κ1) is 16.0. The summed E-state index contributed by atoms with van der Waals surface area (Å²) >= 11 is 0. The highest BCUT2D eigenvalue weighted by atomic mass is 16.5. The van der Waals surface area contributed by atoms with E-state index in [2.05, 4.69) is 19.1 Å². The van der Waals surface area contributed by atoms with Gasteiger partial charge in [-0.3, -0.25) is 0 Å². The minimum absolute atomic E-state index is 0.197. The van der Waals surface area contributed by atoms with Gasteiger partial charge < -0.3 is 9.84 Å². The molecule has 1 N–H and O–H groups in total. The Hall–Kier alpha value is -1.02. The molecule has 0 saturated carbocycles. The van der Waals surface area contributed by atoms with Crippen molar-refractivity contribution < 1.29 is 9.84 Å². The van der Waals surface area contributed by atoms with E-state index in [0.29, 0.717) is 0 Å². The Balaban J connectivity index is 2.52. The zero-order chi connectivity index (χ0) is 14.3. The summed E-state index contributed by atoms with van der Waals surface area (Å²) in [5.74, 6) is 0.917. The van der Waals surface area contributed by atoms with Gasteiger partial charge in [0.1, 0.15) is 5.75 Å². The van der Waals surface area contributed by atoms with Gasteiger partial charge in [0.05, 0.1) is 11.7 Å². The number of hydrogen-bond acceptors (Lipinski definition) is 2. The maximum atomic E-state index is 10.3. The summed E-state index contributed by atoms with van der Waals surface area (Å²) < 4.78 is 5.69. The van der Waals surface area contributed by atoms with E-state index in [-0.39, 0.29) is 6.10 Å². The van der Waals surface area contributed by atoms with Crippen LogP contribution in [0, 0.1) is 0 Å². The Kier molecular flexibility index (Phi) is 6.36. The zero-order valence-corrected chi connectivity index (χ0v) is 12.8. The molecule has 0 spiro atoms. The van der Waals surface area contributed by atoms with Crippen molar-refractivity contribution >= 4 is 0 Å². The van der Waals surface area contributed by atoms with Gasteiger partial charge in [-0.25, -0.2) is 0 Å². The predicted octanol–water partition coefficient (Wildman–Crippen LogP) is 4.35. The van der Waals surface area contributed by atoms with Crippen LogP contribution in [-0.4, -0.2) is 16.8 Å². The fourth-order valence-electron chi connectivity index (χ4n) is 2.14. The van der Waals surface area contributed by atoms with Gasteiger partial charge in [-0.1, -0.05) is 31.9 Å². The molecule has 0 heterocycles. The molecule has 1 atom stereocenters. The molecule has 2 heteroatoms. The van der Waals surface area contributed by atoms with E-state index >= 15 is 0 Å². The van der Waals surface area contributed by atoms with Crippen molar-refractivity contribution in [2.24, 2.45) is 0 Å². The summed E-state index contributed by atoms with van der Waals surface area (Å²) in [6.45, 7) is 8.16.